The van der Waals surface area contributed by atoms with Crippen LogP contribution in [-0.4, -0.2) is 87.8 Å². The summed E-state index contributed by atoms with van der Waals surface area (Å²) >= 11 is 0. The molecule has 1 aliphatic heterocycles. The van der Waals surface area contributed by atoms with E-state index in [-0.39, 0.29) is 17.5 Å². The van der Waals surface area contributed by atoms with E-state index in [9.17, 15) is 14.7 Å². The highest BCUT2D eigenvalue weighted by molar-refractivity contribution is 6.74. The summed E-state index contributed by atoms with van der Waals surface area (Å²) in [7, 11) is 0.614. The Morgan fingerprint density at radius 1 is 0.500 bits per heavy atom. The van der Waals surface area contributed by atoms with Crippen molar-refractivity contribution in [2.24, 2.45) is 0 Å². The van der Waals surface area contributed by atoms with Crippen molar-refractivity contribution in [3.63, 3.8) is 0 Å². The number of ether oxygens (including phenoxy) is 7. The van der Waals surface area contributed by atoms with Crippen molar-refractivity contribution < 1.29 is 47.5 Å². The van der Waals surface area contributed by atoms with Gasteiger partial charge in [0.2, 0.25) is 5.75 Å². The molecule has 0 unspecified atom stereocenters. The van der Waals surface area contributed by atoms with Crippen LogP contribution in [0.5, 0.6) is 28.7 Å². The van der Waals surface area contributed by atoms with Crippen LogP contribution in [-0.2, 0) is 19.5 Å². The molecule has 4 aromatic carbocycles. The predicted molar refractivity (Wildman–Crippen MR) is 441 cm³/mol. The monoisotopic (exact) mass is 1480 g/mol. The van der Waals surface area contributed by atoms with Gasteiger partial charge < -0.3 is 48.0 Å². The number of anilines is 1. The van der Waals surface area contributed by atoms with Gasteiger partial charge in [-0.2, -0.15) is 4.98 Å². The van der Waals surface area contributed by atoms with Crippen molar-refractivity contribution in [1.29, 1.82) is 0 Å². The second-order valence-electron chi connectivity index (χ2n) is 31.8. The SMILES string of the molecule is CCCCCCCCCCCCCCCCOc1cc(C(=O)Nc2ccn([C@@H]3O[C@H](COC(c4ccccc4)(c4ccc(OC)cc4)c4ccc(OC)cc4)[C@@H](O)[C@H]3O[Si](C)(C)C(C)(C)C)c(=O)n2)cc(OCCCCCCCCCCCCCCCC)c1OCCCCCCCCCCCCCCCC. The molecule has 594 valence electrons. The zero-order chi connectivity index (χ0) is 75.9. The molecule has 1 aliphatic rings. The third kappa shape index (κ3) is 31.3. The lowest BCUT2D eigenvalue weighted by molar-refractivity contribution is -0.0956. The Morgan fingerprint density at radius 3 is 1.22 bits per heavy atom. The van der Waals surface area contributed by atoms with Gasteiger partial charge in [-0.15, -0.1) is 0 Å². The molecule has 1 saturated heterocycles. The van der Waals surface area contributed by atoms with Crippen molar-refractivity contribution in [2.45, 2.75) is 359 Å². The van der Waals surface area contributed by atoms with Crippen LogP contribution in [0, 0.1) is 0 Å². The van der Waals surface area contributed by atoms with E-state index >= 15 is 0 Å². The van der Waals surface area contributed by atoms with Crippen LogP contribution in [0.3, 0.4) is 0 Å². The Bertz CT molecular complexity index is 3050. The molecule has 6 rings (SSSR count). The van der Waals surface area contributed by atoms with Crippen LogP contribution < -0.4 is 34.7 Å². The molecule has 2 heterocycles. The van der Waals surface area contributed by atoms with E-state index in [1.165, 1.54) is 223 Å². The summed E-state index contributed by atoms with van der Waals surface area (Å²) in [6, 6.07) is 30.6. The number of hydrogen-bond acceptors (Lipinski definition) is 12. The summed E-state index contributed by atoms with van der Waals surface area (Å²) < 4.78 is 54.0. The minimum Gasteiger partial charge on any atom is -0.497 e. The number of nitrogens with one attached hydrogen (secondary N) is 1. The highest BCUT2D eigenvalue weighted by atomic mass is 28.4. The van der Waals surface area contributed by atoms with Gasteiger partial charge in [-0.3, -0.25) is 9.36 Å². The number of carbonyl (C=O) groups is 1. The molecule has 15 heteroatoms. The van der Waals surface area contributed by atoms with Gasteiger partial charge in [0.25, 0.3) is 5.91 Å². The minimum atomic E-state index is -2.66. The normalized spacial score (nSPS) is 15.5. The van der Waals surface area contributed by atoms with E-state index < -0.39 is 50.1 Å². The maximum Gasteiger partial charge on any atom is 0.351 e. The minimum absolute atomic E-state index is 0.0473. The standard InChI is InChI=1S/C91H145N3O11Si/c1-11-14-17-20-23-26-29-32-35-38-41-44-47-53-68-100-80-71-74(72-81(101-69-54-48-45-42-39-36-33-30-27-24-21-18-15-12-2)85(80)102-70-55-49-46-43-40-37-34-31-28-25-22-19-16-13-3)87(96)92-83-66-67-94(89(97)93-83)88-86(105-106(9,10)90(4,5)6)84(95)82(104-88)73-103-91(75-56-51-50-52-57-75,76-58-62-78(98-7)63-59-76)77-60-64-79(99-8)65-61-77/h50-52,56-67,71-72,82,84,86,88,95H,11-49,53-55,68-70,73H2,1-10H3,(H,92,93,96,97)/t82-,84-,86-,88-/m1/s1. The molecule has 0 saturated carbocycles. The third-order valence-electron chi connectivity index (χ3n) is 22.1. The van der Waals surface area contributed by atoms with E-state index in [4.69, 9.17) is 37.6 Å². The first-order valence-corrected chi connectivity index (χ1v) is 45.5. The summed E-state index contributed by atoms with van der Waals surface area (Å²) in [5.74, 6) is 2.43. The molecule has 106 heavy (non-hydrogen) atoms. The van der Waals surface area contributed by atoms with Crippen LogP contribution >= 0.6 is 0 Å². The van der Waals surface area contributed by atoms with Gasteiger partial charge in [-0.25, -0.2) is 4.79 Å². The quantitative estimate of drug-likeness (QED) is 0.0216. The largest absolute Gasteiger partial charge is 0.497 e. The Morgan fingerprint density at radius 2 is 0.858 bits per heavy atom. The van der Waals surface area contributed by atoms with E-state index in [2.05, 4.69) is 64.9 Å². The molecule has 1 aromatic heterocycles. The van der Waals surface area contributed by atoms with Crippen molar-refractivity contribution in [3.8, 4) is 28.7 Å². The summed E-state index contributed by atoms with van der Waals surface area (Å²) in [4.78, 5) is 34.0. The smallest absolute Gasteiger partial charge is 0.351 e. The van der Waals surface area contributed by atoms with Gasteiger partial charge in [-0.1, -0.05) is 347 Å². The number of nitrogens with zero attached hydrogens (tertiary/aromatic N) is 2. The Hall–Kier alpha value is -5.71. The van der Waals surface area contributed by atoms with E-state index in [1.54, 1.807) is 38.6 Å². The van der Waals surface area contributed by atoms with Gasteiger partial charge in [-0.05, 0) is 96.5 Å². The third-order valence-corrected chi connectivity index (χ3v) is 26.5. The molecule has 0 radical (unpaired) electrons. The lowest BCUT2D eigenvalue weighted by atomic mass is 9.80. The fourth-order valence-corrected chi connectivity index (χ4v) is 15.7. The molecule has 5 aromatic rings. The van der Waals surface area contributed by atoms with Gasteiger partial charge in [0.1, 0.15) is 41.2 Å². The van der Waals surface area contributed by atoms with Crippen molar-refractivity contribution in [2.75, 3.05) is 46.0 Å². The molecular formula is C91H145N3O11Si. The number of rotatable bonds is 61. The average molecular weight is 1490 g/mol. The highest BCUT2D eigenvalue weighted by Gasteiger charge is 2.52. The number of benzene rings is 4. The van der Waals surface area contributed by atoms with Gasteiger partial charge in [0.05, 0.1) is 40.6 Å². The number of amides is 1. The van der Waals surface area contributed by atoms with Gasteiger partial charge in [0, 0.05) is 11.8 Å². The Kier molecular flexibility index (Phi) is 43.4. The molecule has 14 nitrogen and oxygen atoms in total. The predicted octanol–water partition coefficient (Wildman–Crippen LogP) is 24.8. The summed E-state index contributed by atoms with van der Waals surface area (Å²) in [6.07, 6.45) is 50.4. The number of methoxy groups -OCH3 is 2. The number of aliphatic hydroxyl groups excluding tert-OH is 1. The van der Waals surface area contributed by atoms with Crippen molar-refractivity contribution in [3.05, 3.63) is 136 Å². The topological polar surface area (TPSA) is 158 Å². The van der Waals surface area contributed by atoms with Crippen molar-refractivity contribution >= 4 is 20.0 Å². The number of unbranched alkanes of at least 4 members (excludes halogenated alkanes) is 39. The molecule has 1 fully saturated rings. The van der Waals surface area contributed by atoms with E-state index in [1.807, 2.05) is 78.9 Å². The molecule has 0 spiro atoms. The number of carbonyl (C=O) groups excluding carboxylic acids is 1. The molecule has 0 aliphatic carbocycles. The van der Waals surface area contributed by atoms with Gasteiger partial charge in [0.15, 0.2) is 26.0 Å². The van der Waals surface area contributed by atoms with Crippen LogP contribution in [0.4, 0.5) is 5.82 Å². The molecular weight excluding hydrogens is 1340 g/mol. The van der Waals surface area contributed by atoms with Crippen LogP contribution in [0.2, 0.25) is 18.1 Å². The summed E-state index contributed by atoms with van der Waals surface area (Å²) in [5, 5.41) is 15.3. The fraction of sp³-hybridized carbons (Fsp3) is 0.681. The summed E-state index contributed by atoms with van der Waals surface area (Å²) in [6.45, 7) is 18.8. The molecule has 1 amide bonds. The number of aromatic nitrogens is 2. The van der Waals surface area contributed by atoms with Crippen LogP contribution in [0.25, 0.3) is 0 Å². The van der Waals surface area contributed by atoms with Crippen LogP contribution in [0.15, 0.2) is 108 Å². The van der Waals surface area contributed by atoms with Crippen molar-refractivity contribution in [1.82, 2.24) is 9.55 Å². The van der Waals surface area contributed by atoms with Crippen LogP contribution in [0.1, 0.15) is 344 Å². The molecule has 4 atom stereocenters. The molecule has 0 bridgehead atoms. The molecule has 2 N–H and O–H groups in total. The maximum absolute atomic E-state index is 14.8. The number of aliphatic hydroxyl groups is 1. The van der Waals surface area contributed by atoms with Gasteiger partial charge >= 0.3 is 5.69 Å². The average Bonchev–Trinajstić information content (AvgIpc) is 1.38. The highest BCUT2D eigenvalue weighted by Crippen LogP contribution is 2.46. The summed E-state index contributed by atoms with van der Waals surface area (Å²) in [5.41, 5.74) is 0.851. The zero-order valence-electron chi connectivity index (χ0n) is 68.1. The lowest BCUT2D eigenvalue weighted by Gasteiger charge is -2.40. The number of hydrogen-bond donors (Lipinski definition) is 2. The second-order valence-corrected chi connectivity index (χ2v) is 36.6. The van der Waals surface area contributed by atoms with E-state index in [0.29, 0.717) is 54.1 Å². The fourth-order valence-electron chi connectivity index (χ4n) is 14.4. The Balaban J connectivity index is 1.21. The first kappa shape index (κ1) is 89.2. The zero-order valence-corrected chi connectivity index (χ0v) is 69.1. The Labute approximate surface area is 643 Å². The first-order chi connectivity index (χ1) is 51.6. The second kappa shape index (κ2) is 51.6. The van der Waals surface area contributed by atoms with E-state index in [0.717, 1.165) is 68.1 Å². The first-order valence-electron chi connectivity index (χ1n) is 42.6. The maximum atomic E-state index is 14.8. The lowest BCUT2D eigenvalue weighted by Crippen LogP contribution is -2.49.